The van der Waals surface area contributed by atoms with Crippen molar-refractivity contribution >= 4 is 11.6 Å². The first-order valence-corrected chi connectivity index (χ1v) is 7.85. The van der Waals surface area contributed by atoms with E-state index in [2.05, 4.69) is 48.9 Å². The van der Waals surface area contributed by atoms with E-state index < -0.39 is 0 Å². The fourth-order valence-corrected chi connectivity index (χ4v) is 1.74. The SMILES string of the molecule is C=C/C=C\C(=C/C)CN(/C=C/CC)/C(=C\C)CCl.CC. The summed E-state index contributed by atoms with van der Waals surface area (Å²) >= 11 is 5.97. The van der Waals surface area contributed by atoms with Gasteiger partial charge in [0.1, 0.15) is 0 Å². The van der Waals surface area contributed by atoms with Crippen LogP contribution in [0.15, 0.2) is 60.5 Å². The van der Waals surface area contributed by atoms with Crippen molar-refractivity contribution in [2.24, 2.45) is 0 Å². The van der Waals surface area contributed by atoms with Gasteiger partial charge in [0.25, 0.3) is 0 Å². The van der Waals surface area contributed by atoms with Gasteiger partial charge in [0, 0.05) is 18.4 Å². The first-order valence-electron chi connectivity index (χ1n) is 7.32. The van der Waals surface area contributed by atoms with Crippen LogP contribution in [0.2, 0.25) is 0 Å². The summed E-state index contributed by atoms with van der Waals surface area (Å²) in [6.07, 6.45) is 15.2. The first kappa shape index (κ1) is 21.1. The lowest BCUT2D eigenvalue weighted by molar-refractivity contribution is 0.507. The van der Waals surface area contributed by atoms with Crippen molar-refractivity contribution in [3.05, 3.63) is 60.5 Å². The van der Waals surface area contributed by atoms with Crippen molar-refractivity contribution in [2.75, 3.05) is 12.4 Å². The van der Waals surface area contributed by atoms with Gasteiger partial charge in [-0.05, 0) is 25.8 Å². The summed E-state index contributed by atoms with van der Waals surface area (Å²) in [5.74, 6) is 0.521. The van der Waals surface area contributed by atoms with Gasteiger partial charge < -0.3 is 4.90 Å². The number of hydrogen-bond acceptors (Lipinski definition) is 1. The maximum Gasteiger partial charge on any atom is 0.0623 e. The quantitative estimate of drug-likeness (QED) is 0.388. The zero-order valence-electron chi connectivity index (χ0n) is 13.7. The molecule has 114 valence electrons. The topological polar surface area (TPSA) is 3.24 Å². The smallest absolute Gasteiger partial charge is 0.0623 e. The van der Waals surface area contributed by atoms with E-state index in [0.717, 1.165) is 18.7 Å². The lowest BCUT2D eigenvalue weighted by atomic mass is 10.2. The van der Waals surface area contributed by atoms with Gasteiger partial charge in [-0.15, -0.1) is 11.6 Å². The predicted octanol–water partition coefficient (Wildman–Crippen LogP) is 6.07. The molecule has 0 fully saturated rings. The lowest BCUT2D eigenvalue weighted by Gasteiger charge is -2.23. The molecule has 0 radical (unpaired) electrons. The van der Waals surface area contributed by atoms with Gasteiger partial charge in [-0.25, -0.2) is 0 Å². The van der Waals surface area contributed by atoms with Gasteiger partial charge in [0.05, 0.1) is 5.88 Å². The van der Waals surface area contributed by atoms with Crippen molar-refractivity contribution in [2.45, 2.75) is 41.0 Å². The molecule has 0 amide bonds. The Balaban J connectivity index is 0. The Morgan fingerprint density at radius 3 is 2.25 bits per heavy atom. The molecule has 0 bridgehead atoms. The van der Waals surface area contributed by atoms with Crippen molar-refractivity contribution in [3.8, 4) is 0 Å². The lowest BCUT2D eigenvalue weighted by Crippen LogP contribution is -2.20. The van der Waals surface area contributed by atoms with E-state index in [1.807, 2.05) is 33.8 Å². The van der Waals surface area contributed by atoms with Gasteiger partial charge in [-0.3, -0.25) is 0 Å². The highest BCUT2D eigenvalue weighted by atomic mass is 35.5. The maximum atomic E-state index is 5.97. The van der Waals surface area contributed by atoms with E-state index in [0.29, 0.717) is 5.88 Å². The molecular weight excluding hydrogens is 266 g/mol. The zero-order valence-corrected chi connectivity index (χ0v) is 14.5. The van der Waals surface area contributed by atoms with Crippen LogP contribution < -0.4 is 0 Å². The molecule has 0 aliphatic carbocycles. The molecule has 1 nitrogen and oxygen atoms in total. The Morgan fingerprint density at radius 2 is 1.85 bits per heavy atom. The Kier molecular flexibility index (Phi) is 16.7. The third-order valence-corrected chi connectivity index (χ3v) is 2.80. The van der Waals surface area contributed by atoms with Crippen LogP contribution in [0.1, 0.15) is 41.0 Å². The second-order valence-electron chi connectivity index (χ2n) is 3.79. The molecule has 0 aromatic heterocycles. The summed E-state index contributed by atoms with van der Waals surface area (Å²) in [5, 5.41) is 0. The average Bonchev–Trinajstić information content (AvgIpc) is 2.51. The Morgan fingerprint density at radius 1 is 1.20 bits per heavy atom. The summed E-state index contributed by atoms with van der Waals surface area (Å²) in [4.78, 5) is 2.18. The van der Waals surface area contributed by atoms with E-state index in [9.17, 15) is 0 Å². The van der Waals surface area contributed by atoms with Crippen LogP contribution in [-0.2, 0) is 0 Å². The highest BCUT2D eigenvalue weighted by molar-refractivity contribution is 6.19. The number of allylic oxidation sites excluding steroid dienone is 6. The molecule has 0 N–H and O–H groups in total. The van der Waals surface area contributed by atoms with Crippen LogP contribution in [-0.4, -0.2) is 17.3 Å². The van der Waals surface area contributed by atoms with Crippen molar-refractivity contribution in [3.63, 3.8) is 0 Å². The molecule has 0 rings (SSSR count). The first-order chi connectivity index (χ1) is 9.73. The average molecular weight is 296 g/mol. The van der Waals surface area contributed by atoms with E-state index >= 15 is 0 Å². The van der Waals surface area contributed by atoms with Crippen LogP contribution in [0.4, 0.5) is 0 Å². The summed E-state index contributed by atoms with van der Waals surface area (Å²) < 4.78 is 0. The monoisotopic (exact) mass is 295 g/mol. The third-order valence-electron chi connectivity index (χ3n) is 2.53. The number of halogens is 1. The molecule has 0 saturated heterocycles. The maximum absolute atomic E-state index is 5.97. The van der Waals surface area contributed by atoms with Crippen LogP contribution in [0, 0.1) is 0 Å². The molecule has 0 aliphatic rings. The van der Waals surface area contributed by atoms with Gasteiger partial charge in [0.2, 0.25) is 0 Å². The number of nitrogens with zero attached hydrogens (tertiary/aromatic N) is 1. The van der Waals surface area contributed by atoms with E-state index in [1.54, 1.807) is 6.08 Å². The summed E-state index contributed by atoms with van der Waals surface area (Å²) in [7, 11) is 0. The molecule has 2 heteroatoms. The van der Waals surface area contributed by atoms with Gasteiger partial charge in [-0.1, -0.05) is 63.8 Å². The van der Waals surface area contributed by atoms with Gasteiger partial charge in [0.15, 0.2) is 0 Å². The van der Waals surface area contributed by atoms with Crippen LogP contribution in [0.5, 0.6) is 0 Å². The van der Waals surface area contributed by atoms with Crippen molar-refractivity contribution < 1.29 is 0 Å². The molecule has 0 atom stereocenters. The fraction of sp³-hybridized carbons (Fsp3) is 0.444. The molecule has 0 spiro atoms. The third kappa shape index (κ3) is 9.69. The van der Waals surface area contributed by atoms with Crippen LogP contribution >= 0.6 is 11.6 Å². The molecule has 0 unspecified atom stereocenters. The largest absolute Gasteiger partial charge is 0.347 e. The van der Waals surface area contributed by atoms with Crippen LogP contribution in [0.3, 0.4) is 0 Å². The Bertz CT molecular complexity index is 348. The summed E-state index contributed by atoms with van der Waals surface area (Å²) in [6, 6.07) is 0. The van der Waals surface area contributed by atoms with E-state index in [1.165, 1.54) is 5.57 Å². The standard InChI is InChI=1S/C16H24ClN.C2H6/c1-5-9-11-15(7-3)14-18(12-10-6-2)16(8-4)13-17;1-2/h5,7-12H,1,6,13-14H2,2-4H3;1-2H3/b11-9-,12-10+,15-7+,16-8-;. The number of rotatable bonds is 8. The minimum atomic E-state index is 0.521. The van der Waals surface area contributed by atoms with Gasteiger partial charge in [-0.2, -0.15) is 0 Å². The molecule has 0 aromatic rings. The zero-order chi connectivity index (χ0) is 15.8. The molecule has 0 heterocycles. The highest BCUT2D eigenvalue weighted by Gasteiger charge is 2.05. The molecule has 0 saturated carbocycles. The van der Waals surface area contributed by atoms with Crippen molar-refractivity contribution in [1.82, 2.24) is 4.90 Å². The molecular formula is C18H30ClN. The molecule has 20 heavy (non-hydrogen) atoms. The van der Waals surface area contributed by atoms with E-state index in [-0.39, 0.29) is 0 Å². The normalized spacial score (nSPS) is 12.5. The Labute approximate surface area is 131 Å². The highest BCUT2D eigenvalue weighted by Crippen LogP contribution is 2.12. The predicted molar refractivity (Wildman–Crippen MR) is 95.1 cm³/mol. The van der Waals surface area contributed by atoms with Crippen molar-refractivity contribution in [1.29, 1.82) is 0 Å². The van der Waals surface area contributed by atoms with Gasteiger partial charge >= 0.3 is 0 Å². The minimum absolute atomic E-state index is 0.521. The molecule has 0 aromatic carbocycles. The second kappa shape index (κ2) is 15.8. The molecule has 0 aliphatic heterocycles. The minimum Gasteiger partial charge on any atom is -0.347 e. The second-order valence-corrected chi connectivity index (χ2v) is 4.06. The van der Waals surface area contributed by atoms with E-state index in [4.69, 9.17) is 11.6 Å². The Hall–Kier alpha value is -1.21. The number of hydrogen-bond donors (Lipinski definition) is 0. The summed E-state index contributed by atoms with van der Waals surface area (Å²) in [6.45, 7) is 14.7. The fourth-order valence-electron chi connectivity index (χ4n) is 1.43. The number of alkyl halides is 1. The van der Waals surface area contributed by atoms with Crippen LogP contribution in [0.25, 0.3) is 0 Å². The summed E-state index contributed by atoms with van der Waals surface area (Å²) in [5.41, 5.74) is 2.35.